The molecule has 10 heteroatoms. The summed E-state index contributed by atoms with van der Waals surface area (Å²) in [5.41, 5.74) is 1.19. The number of aromatic nitrogens is 3. The van der Waals surface area contributed by atoms with E-state index in [2.05, 4.69) is 19.7 Å². The minimum Gasteiger partial charge on any atom is -0.478 e. The second kappa shape index (κ2) is 8.75. The van der Waals surface area contributed by atoms with Crippen LogP contribution in [-0.2, 0) is 6.42 Å². The lowest BCUT2D eigenvalue weighted by atomic mass is 10.2. The fourth-order valence-electron chi connectivity index (χ4n) is 2.59. The minimum absolute atomic E-state index is 0.0347. The molecule has 0 aliphatic heterocycles. The molecule has 0 saturated carbocycles. The van der Waals surface area contributed by atoms with Crippen LogP contribution in [0.4, 0.5) is 14.7 Å². The van der Waals surface area contributed by atoms with Gasteiger partial charge in [-0.15, -0.1) is 0 Å². The van der Waals surface area contributed by atoms with Crippen molar-refractivity contribution in [1.29, 1.82) is 5.26 Å². The molecule has 3 rings (SSSR count). The Balaban J connectivity index is 1.82. The van der Waals surface area contributed by atoms with Crippen LogP contribution in [0, 0.1) is 11.3 Å². The second-order valence-electron chi connectivity index (χ2n) is 5.60. The summed E-state index contributed by atoms with van der Waals surface area (Å²) < 4.78 is 39.3. The van der Waals surface area contributed by atoms with Gasteiger partial charge in [-0.2, -0.15) is 10.2 Å². The number of alkyl halides is 2. The van der Waals surface area contributed by atoms with E-state index >= 15 is 0 Å². The molecular formula is C18H17F2N5O2S. The number of nitriles is 1. The maximum atomic E-state index is 12.8. The number of benzene rings is 1. The van der Waals surface area contributed by atoms with Crippen LogP contribution in [0.2, 0.25) is 0 Å². The van der Waals surface area contributed by atoms with Crippen molar-refractivity contribution in [1.82, 2.24) is 15.0 Å². The number of H-pyrrole nitrogens is 1. The Labute approximate surface area is 164 Å². The van der Waals surface area contributed by atoms with E-state index in [0.29, 0.717) is 29.3 Å². The summed E-state index contributed by atoms with van der Waals surface area (Å²) >= 11 is 1.24. The lowest BCUT2D eigenvalue weighted by molar-refractivity contribution is 0.151. The van der Waals surface area contributed by atoms with Crippen LogP contribution < -0.4 is 14.2 Å². The highest BCUT2D eigenvalue weighted by atomic mass is 32.2. The molecule has 7 nitrogen and oxygen atoms in total. The number of aryl methyl sites for hydroxylation is 1. The summed E-state index contributed by atoms with van der Waals surface area (Å²) in [5.74, 6) is 0.876. The van der Waals surface area contributed by atoms with Gasteiger partial charge in [-0.25, -0.2) is 13.8 Å². The van der Waals surface area contributed by atoms with Gasteiger partial charge in [-0.3, -0.25) is 4.72 Å². The second-order valence-corrected chi connectivity index (χ2v) is 6.44. The highest BCUT2D eigenvalue weighted by Crippen LogP contribution is 2.33. The molecule has 3 aromatic rings. The molecule has 0 aliphatic rings. The van der Waals surface area contributed by atoms with Crippen LogP contribution in [0.1, 0.15) is 24.6 Å². The number of rotatable bonds is 8. The Bertz CT molecular complexity index is 994. The number of fused-ring (bicyclic) bond motifs is 1. The number of methoxy groups -OCH3 is 1. The number of halogens is 2. The molecule has 1 aromatic carbocycles. The largest absolute Gasteiger partial charge is 0.478 e. The first kappa shape index (κ1) is 19.7. The van der Waals surface area contributed by atoms with Gasteiger partial charge in [-0.1, -0.05) is 19.1 Å². The third-order valence-corrected chi connectivity index (χ3v) is 4.73. The Kier molecular flexibility index (Phi) is 6.16. The molecule has 0 atom stereocenters. The van der Waals surface area contributed by atoms with Gasteiger partial charge in [-0.05, 0) is 24.4 Å². The SMILES string of the molecule is CCc1nc(NSc2c[nH]c3cc(C(F)F)ccc23)nc(OC)c1OCC#N. The van der Waals surface area contributed by atoms with Crippen LogP contribution in [0.5, 0.6) is 11.6 Å². The van der Waals surface area contributed by atoms with Crippen LogP contribution in [0.25, 0.3) is 10.9 Å². The third kappa shape index (κ3) is 4.09. The normalized spacial score (nSPS) is 10.9. The molecule has 0 unspecified atom stereocenters. The first-order valence-corrected chi connectivity index (χ1v) is 9.15. The Morgan fingerprint density at radius 2 is 2.18 bits per heavy atom. The number of nitrogens with one attached hydrogen (secondary N) is 2. The molecule has 28 heavy (non-hydrogen) atoms. The molecule has 0 bridgehead atoms. The first-order valence-electron chi connectivity index (χ1n) is 8.34. The fourth-order valence-corrected chi connectivity index (χ4v) is 3.28. The lowest BCUT2D eigenvalue weighted by Crippen LogP contribution is -2.06. The van der Waals surface area contributed by atoms with Crippen molar-refractivity contribution in [3.05, 3.63) is 35.7 Å². The van der Waals surface area contributed by atoms with Crippen molar-refractivity contribution < 1.29 is 18.3 Å². The van der Waals surface area contributed by atoms with Crippen LogP contribution in [-0.4, -0.2) is 28.7 Å². The van der Waals surface area contributed by atoms with Crippen molar-refractivity contribution in [2.45, 2.75) is 24.7 Å². The van der Waals surface area contributed by atoms with E-state index in [-0.39, 0.29) is 18.1 Å². The maximum absolute atomic E-state index is 12.8. The number of nitrogens with zero attached hydrogens (tertiary/aromatic N) is 3. The molecule has 2 heterocycles. The number of ether oxygens (including phenoxy) is 2. The minimum atomic E-state index is -2.52. The fraction of sp³-hybridized carbons (Fsp3) is 0.278. The summed E-state index contributed by atoms with van der Waals surface area (Å²) in [6.45, 7) is 1.77. The molecule has 2 aromatic heterocycles. The Hall–Kier alpha value is -3.06. The Morgan fingerprint density at radius 1 is 1.36 bits per heavy atom. The standard InChI is InChI=1S/C18H17F2N5O2S/c1-3-12-15(27-7-6-21)17(26-2)24-18(23-12)25-28-14-9-22-13-8-10(16(19)20)4-5-11(13)14/h4-5,8-9,16,22H,3,7H2,1-2H3,(H,23,24,25). The highest BCUT2D eigenvalue weighted by molar-refractivity contribution is 8.00. The summed E-state index contributed by atoms with van der Waals surface area (Å²) in [6, 6.07) is 6.38. The van der Waals surface area contributed by atoms with Crippen molar-refractivity contribution >= 4 is 28.8 Å². The average Bonchev–Trinajstić information content (AvgIpc) is 3.12. The van der Waals surface area contributed by atoms with Crippen LogP contribution >= 0.6 is 11.9 Å². The van der Waals surface area contributed by atoms with Crippen molar-refractivity contribution in [2.75, 3.05) is 18.4 Å². The van der Waals surface area contributed by atoms with Crippen LogP contribution in [0.15, 0.2) is 29.3 Å². The highest BCUT2D eigenvalue weighted by Gasteiger charge is 2.17. The molecule has 0 spiro atoms. The number of anilines is 1. The lowest BCUT2D eigenvalue weighted by Gasteiger charge is -2.13. The zero-order valence-corrected chi connectivity index (χ0v) is 15.9. The van der Waals surface area contributed by atoms with Gasteiger partial charge in [0.2, 0.25) is 11.7 Å². The van der Waals surface area contributed by atoms with Gasteiger partial charge < -0.3 is 14.5 Å². The summed E-state index contributed by atoms with van der Waals surface area (Å²) in [4.78, 5) is 12.5. The molecule has 0 aliphatic carbocycles. The number of hydrogen-bond donors (Lipinski definition) is 2. The molecular weight excluding hydrogens is 388 g/mol. The van der Waals surface area contributed by atoms with Crippen molar-refractivity contribution in [3.63, 3.8) is 0 Å². The van der Waals surface area contributed by atoms with Gasteiger partial charge in [0.05, 0.1) is 17.7 Å². The topological polar surface area (TPSA) is 95.8 Å². The van der Waals surface area contributed by atoms with Gasteiger partial charge in [0.15, 0.2) is 6.61 Å². The average molecular weight is 405 g/mol. The molecule has 146 valence electrons. The zero-order valence-electron chi connectivity index (χ0n) is 15.1. The molecule has 0 radical (unpaired) electrons. The summed E-state index contributed by atoms with van der Waals surface area (Å²) in [6.07, 6.45) is -0.236. The van der Waals surface area contributed by atoms with Gasteiger partial charge in [0.25, 0.3) is 12.3 Å². The van der Waals surface area contributed by atoms with Crippen LogP contribution in [0.3, 0.4) is 0 Å². The quantitative estimate of drug-likeness (QED) is 0.533. The zero-order chi connectivity index (χ0) is 20.1. The van der Waals surface area contributed by atoms with Crippen molar-refractivity contribution in [2.24, 2.45) is 0 Å². The Morgan fingerprint density at radius 3 is 2.86 bits per heavy atom. The molecule has 0 fully saturated rings. The number of hydrogen-bond acceptors (Lipinski definition) is 7. The van der Waals surface area contributed by atoms with E-state index in [1.807, 2.05) is 13.0 Å². The van der Waals surface area contributed by atoms with E-state index in [1.54, 1.807) is 12.3 Å². The van der Waals surface area contributed by atoms with E-state index in [1.165, 1.54) is 31.2 Å². The van der Waals surface area contributed by atoms with Crippen molar-refractivity contribution in [3.8, 4) is 17.7 Å². The smallest absolute Gasteiger partial charge is 0.263 e. The summed E-state index contributed by atoms with van der Waals surface area (Å²) in [7, 11) is 1.46. The molecule has 0 amide bonds. The first-order chi connectivity index (χ1) is 13.6. The van der Waals surface area contributed by atoms with E-state index in [9.17, 15) is 8.78 Å². The van der Waals surface area contributed by atoms with Gasteiger partial charge >= 0.3 is 0 Å². The maximum Gasteiger partial charge on any atom is 0.263 e. The van der Waals surface area contributed by atoms with E-state index in [4.69, 9.17) is 14.7 Å². The van der Waals surface area contributed by atoms with Gasteiger partial charge in [0.1, 0.15) is 6.07 Å². The molecule has 2 N–H and O–H groups in total. The van der Waals surface area contributed by atoms with E-state index in [0.717, 1.165) is 10.3 Å². The van der Waals surface area contributed by atoms with E-state index < -0.39 is 6.43 Å². The predicted molar refractivity (Wildman–Crippen MR) is 102 cm³/mol. The molecule has 0 saturated heterocycles. The predicted octanol–water partition coefficient (Wildman–Crippen LogP) is 4.49. The van der Waals surface area contributed by atoms with Gasteiger partial charge in [0, 0.05) is 22.7 Å². The third-order valence-electron chi connectivity index (χ3n) is 3.89. The number of aromatic amines is 1. The monoisotopic (exact) mass is 405 g/mol. The summed E-state index contributed by atoms with van der Waals surface area (Å²) in [5, 5.41) is 9.52.